The van der Waals surface area contributed by atoms with E-state index in [4.69, 9.17) is 0 Å². The maximum atomic E-state index is 12.4. The Labute approximate surface area is 145 Å². The zero-order chi connectivity index (χ0) is 17.5. The minimum Gasteiger partial charge on any atom is -0.356 e. The zero-order valence-corrected chi connectivity index (χ0v) is 15.0. The lowest BCUT2D eigenvalue weighted by molar-refractivity contribution is -0.133. The molecule has 0 aromatic heterocycles. The fraction of sp³-hybridized carbons (Fsp3) is 0.579. The number of hydrogen-bond donors (Lipinski definition) is 1. The quantitative estimate of drug-likeness (QED) is 0.833. The molecular weight excluding hydrogens is 302 g/mol. The number of likely N-dealkylation sites (tertiary alicyclic amines) is 1. The first-order valence-electron chi connectivity index (χ1n) is 8.85. The molecule has 1 aromatic carbocycles. The smallest absolute Gasteiger partial charge is 0.224 e. The Hall–Kier alpha value is -1.88. The Morgan fingerprint density at radius 3 is 2.67 bits per heavy atom. The monoisotopic (exact) mass is 331 g/mol. The molecule has 1 aromatic rings. The van der Waals surface area contributed by atoms with E-state index >= 15 is 0 Å². The molecule has 5 nitrogen and oxygen atoms in total. The highest BCUT2D eigenvalue weighted by molar-refractivity contribution is 5.78. The van der Waals surface area contributed by atoms with Crippen molar-refractivity contribution in [3.05, 3.63) is 35.9 Å². The number of rotatable bonds is 7. The first-order valence-corrected chi connectivity index (χ1v) is 8.85. The number of amides is 2. The van der Waals surface area contributed by atoms with Crippen LogP contribution in [0.2, 0.25) is 0 Å². The van der Waals surface area contributed by atoms with Gasteiger partial charge in [0.2, 0.25) is 11.8 Å². The first kappa shape index (κ1) is 18.5. The molecule has 0 bridgehead atoms. The van der Waals surface area contributed by atoms with Gasteiger partial charge in [-0.15, -0.1) is 0 Å². The summed E-state index contributed by atoms with van der Waals surface area (Å²) >= 11 is 0. The fourth-order valence-electron chi connectivity index (χ4n) is 3.44. The van der Waals surface area contributed by atoms with Crippen LogP contribution in [0.5, 0.6) is 0 Å². The molecule has 5 heteroatoms. The summed E-state index contributed by atoms with van der Waals surface area (Å²) in [5.41, 5.74) is 1.32. The molecule has 1 fully saturated rings. The second kappa shape index (κ2) is 8.83. The van der Waals surface area contributed by atoms with Crippen molar-refractivity contribution in [2.24, 2.45) is 0 Å². The third kappa shape index (κ3) is 4.81. The average molecular weight is 331 g/mol. The molecule has 2 unspecified atom stereocenters. The largest absolute Gasteiger partial charge is 0.356 e. The van der Waals surface area contributed by atoms with E-state index < -0.39 is 0 Å². The van der Waals surface area contributed by atoms with E-state index in [1.165, 1.54) is 12.5 Å². The predicted octanol–water partition coefficient (Wildman–Crippen LogP) is 2.20. The molecule has 24 heavy (non-hydrogen) atoms. The highest BCUT2D eigenvalue weighted by Crippen LogP contribution is 2.26. The van der Waals surface area contributed by atoms with Gasteiger partial charge in [0.25, 0.3) is 0 Å². The van der Waals surface area contributed by atoms with Crippen LogP contribution in [0.1, 0.15) is 45.2 Å². The number of hydrogen-bond acceptors (Lipinski definition) is 3. The van der Waals surface area contributed by atoms with Crippen molar-refractivity contribution in [1.29, 1.82) is 0 Å². The van der Waals surface area contributed by atoms with E-state index in [-0.39, 0.29) is 17.9 Å². The van der Waals surface area contributed by atoms with Crippen LogP contribution in [0.15, 0.2) is 30.3 Å². The van der Waals surface area contributed by atoms with Crippen molar-refractivity contribution < 1.29 is 9.59 Å². The van der Waals surface area contributed by atoms with E-state index in [2.05, 4.69) is 41.4 Å². The molecule has 1 saturated heterocycles. The summed E-state index contributed by atoms with van der Waals surface area (Å²) in [5, 5.41) is 2.70. The molecule has 1 heterocycles. The molecule has 0 radical (unpaired) electrons. The molecule has 1 N–H and O–H groups in total. The molecule has 0 aliphatic carbocycles. The van der Waals surface area contributed by atoms with Gasteiger partial charge in [-0.3, -0.25) is 14.5 Å². The summed E-state index contributed by atoms with van der Waals surface area (Å²) in [4.78, 5) is 27.8. The van der Waals surface area contributed by atoms with Gasteiger partial charge < -0.3 is 10.2 Å². The molecule has 0 saturated carbocycles. The average Bonchev–Trinajstić information content (AvgIpc) is 3.05. The lowest BCUT2D eigenvalue weighted by Gasteiger charge is -2.30. The number of benzene rings is 1. The van der Waals surface area contributed by atoms with Gasteiger partial charge in [0.1, 0.15) is 0 Å². The summed E-state index contributed by atoms with van der Waals surface area (Å²) in [7, 11) is 0. The van der Waals surface area contributed by atoms with Gasteiger partial charge in [0, 0.05) is 51.6 Å². The number of carbonyl (C=O) groups is 2. The van der Waals surface area contributed by atoms with Crippen LogP contribution in [0.25, 0.3) is 0 Å². The van der Waals surface area contributed by atoms with E-state index in [1.807, 2.05) is 17.9 Å². The highest BCUT2D eigenvalue weighted by atomic mass is 16.2. The molecule has 0 spiro atoms. The Balaban J connectivity index is 1.90. The van der Waals surface area contributed by atoms with Gasteiger partial charge in [-0.1, -0.05) is 30.3 Å². The van der Waals surface area contributed by atoms with Crippen LogP contribution in [0.4, 0.5) is 0 Å². The number of nitrogens with one attached hydrogen (secondary N) is 1. The Morgan fingerprint density at radius 2 is 2.04 bits per heavy atom. The van der Waals surface area contributed by atoms with Gasteiger partial charge >= 0.3 is 0 Å². The van der Waals surface area contributed by atoms with E-state index in [9.17, 15) is 9.59 Å². The van der Waals surface area contributed by atoms with Crippen molar-refractivity contribution in [1.82, 2.24) is 15.1 Å². The third-order valence-corrected chi connectivity index (χ3v) is 4.84. The van der Waals surface area contributed by atoms with E-state index in [1.54, 1.807) is 0 Å². The van der Waals surface area contributed by atoms with Gasteiger partial charge in [-0.25, -0.2) is 0 Å². The molecule has 1 aliphatic rings. The van der Waals surface area contributed by atoms with Crippen molar-refractivity contribution in [3.63, 3.8) is 0 Å². The van der Waals surface area contributed by atoms with Gasteiger partial charge in [-0.05, 0) is 25.8 Å². The van der Waals surface area contributed by atoms with Gasteiger partial charge in [0.15, 0.2) is 0 Å². The van der Waals surface area contributed by atoms with E-state index in [0.717, 1.165) is 26.1 Å². The lowest BCUT2D eigenvalue weighted by Crippen LogP contribution is -2.43. The maximum absolute atomic E-state index is 12.4. The van der Waals surface area contributed by atoms with Crippen LogP contribution in [-0.2, 0) is 9.59 Å². The van der Waals surface area contributed by atoms with Crippen molar-refractivity contribution in [2.45, 2.75) is 45.7 Å². The second-order valence-electron chi connectivity index (χ2n) is 6.44. The second-order valence-corrected chi connectivity index (χ2v) is 6.44. The van der Waals surface area contributed by atoms with Crippen LogP contribution in [0, 0.1) is 0 Å². The predicted molar refractivity (Wildman–Crippen MR) is 95.5 cm³/mol. The van der Waals surface area contributed by atoms with Crippen molar-refractivity contribution in [2.75, 3.05) is 26.2 Å². The van der Waals surface area contributed by atoms with Gasteiger partial charge in [-0.2, -0.15) is 0 Å². The number of carbonyl (C=O) groups excluding carboxylic acids is 2. The van der Waals surface area contributed by atoms with Crippen LogP contribution in [-0.4, -0.2) is 53.8 Å². The summed E-state index contributed by atoms with van der Waals surface area (Å²) in [6.07, 6.45) is 1.38. The summed E-state index contributed by atoms with van der Waals surface area (Å²) in [6, 6.07) is 11.1. The van der Waals surface area contributed by atoms with Crippen LogP contribution < -0.4 is 5.32 Å². The van der Waals surface area contributed by atoms with Crippen LogP contribution >= 0.6 is 0 Å². The Morgan fingerprint density at radius 1 is 1.33 bits per heavy atom. The molecule has 2 amide bonds. The molecule has 2 rings (SSSR count). The van der Waals surface area contributed by atoms with Crippen LogP contribution in [0.3, 0.4) is 0 Å². The minimum atomic E-state index is -0.0884. The molecule has 1 aliphatic heterocycles. The number of likely N-dealkylation sites (N-methyl/N-ethyl adjacent to an activating group) is 1. The molecular formula is C19H29N3O2. The fourth-order valence-corrected chi connectivity index (χ4v) is 3.44. The first-order chi connectivity index (χ1) is 11.5. The van der Waals surface area contributed by atoms with E-state index in [0.29, 0.717) is 19.0 Å². The number of nitrogens with zero attached hydrogens (tertiary/aromatic N) is 2. The lowest BCUT2D eigenvalue weighted by atomic mass is 10.1. The molecule has 2 atom stereocenters. The third-order valence-electron chi connectivity index (χ3n) is 4.84. The summed E-state index contributed by atoms with van der Waals surface area (Å²) in [5.74, 6) is 0.0417. The van der Waals surface area contributed by atoms with Gasteiger partial charge in [0.05, 0.1) is 0 Å². The highest BCUT2D eigenvalue weighted by Gasteiger charge is 2.31. The SMILES string of the molecule is CCN(C(=O)CCNC(C)=O)C1CCN(C(C)c2ccccc2)C1. The topological polar surface area (TPSA) is 52.7 Å². The Bertz CT molecular complexity index is 547. The summed E-state index contributed by atoms with van der Waals surface area (Å²) < 4.78 is 0. The molecule has 132 valence electrons. The Kier molecular flexibility index (Phi) is 6.79. The standard InChI is InChI=1S/C19H29N3O2/c1-4-22(19(24)10-12-20-16(3)23)18-11-13-21(14-18)15(2)17-8-6-5-7-9-17/h5-9,15,18H,4,10-14H2,1-3H3,(H,20,23). The van der Waals surface area contributed by atoms with Crippen molar-refractivity contribution >= 4 is 11.8 Å². The normalized spacial score (nSPS) is 19.0. The van der Waals surface area contributed by atoms with Crippen molar-refractivity contribution in [3.8, 4) is 0 Å². The summed E-state index contributed by atoms with van der Waals surface area (Å²) in [6.45, 7) is 8.79. The minimum absolute atomic E-state index is 0.0884. The zero-order valence-electron chi connectivity index (χ0n) is 15.0. The maximum Gasteiger partial charge on any atom is 0.224 e.